The van der Waals surface area contributed by atoms with Crippen LogP contribution in [0.5, 0.6) is 0 Å². The van der Waals surface area contributed by atoms with Crippen molar-refractivity contribution in [3.8, 4) is 0 Å². The molecule has 0 aliphatic carbocycles. The van der Waals surface area contributed by atoms with Crippen LogP contribution in [0.2, 0.25) is 0 Å². The number of aliphatic hydroxyl groups is 3. The summed E-state index contributed by atoms with van der Waals surface area (Å²) in [5.41, 5.74) is 0. The van der Waals surface area contributed by atoms with E-state index in [1.54, 1.807) is 0 Å². The van der Waals surface area contributed by atoms with Gasteiger partial charge in [0.25, 0.3) is 10.1 Å². The predicted molar refractivity (Wildman–Crippen MR) is 247 cm³/mol. The lowest BCUT2D eigenvalue weighted by molar-refractivity contribution is -0.297. The van der Waals surface area contributed by atoms with E-state index in [1.807, 2.05) is 54.7 Å². The molecule has 1 fully saturated rings. The van der Waals surface area contributed by atoms with Crippen LogP contribution in [0.1, 0.15) is 117 Å². The molecule has 0 saturated carbocycles. The molecule has 0 spiro atoms. The second kappa shape index (κ2) is 37.6. The fourth-order valence-corrected chi connectivity index (χ4v) is 6.46. The first-order valence-electron chi connectivity index (χ1n) is 22.1. The maximum Gasteiger partial charge on any atom is 0.306 e. The minimum Gasteiger partial charge on any atom is -0.462 e. The zero-order valence-electron chi connectivity index (χ0n) is 36.9. The SMILES string of the molecule is CC/C=C/C=C/C=C/C=C/CCCCCCCC(=O)OC[C@H](CO[C@H]1O[C@H](CS(=O)(=O)O)[C@@H](O)C(O)C1O)OC(=O)CC/C=C/C/C=C/C/C=C/C/C=C/C/C=C/C/C=C/CC. The smallest absolute Gasteiger partial charge is 0.306 e. The number of carbonyl (C=O) groups excluding carboxylic acids is 2. The first-order valence-corrected chi connectivity index (χ1v) is 23.8. The second-order valence-electron chi connectivity index (χ2n) is 14.7. The van der Waals surface area contributed by atoms with Crippen LogP contribution in [0, 0.1) is 0 Å². The van der Waals surface area contributed by atoms with E-state index in [2.05, 4.69) is 80.7 Å². The topological polar surface area (TPSA) is 186 Å². The molecule has 13 heteroatoms. The summed E-state index contributed by atoms with van der Waals surface area (Å²) in [5.74, 6) is -2.15. The van der Waals surface area contributed by atoms with Crippen LogP contribution in [-0.2, 0) is 38.7 Å². The average molecular weight is 887 g/mol. The molecular formula is C49H74O12S. The summed E-state index contributed by atoms with van der Waals surface area (Å²) in [6.45, 7) is 3.40. The van der Waals surface area contributed by atoms with Crippen LogP contribution in [-0.4, -0.2) is 96.0 Å². The van der Waals surface area contributed by atoms with Crippen LogP contribution in [0.4, 0.5) is 0 Å². The largest absolute Gasteiger partial charge is 0.462 e. The van der Waals surface area contributed by atoms with E-state index in [0.717, 1.165) is 70.6 Å². The summed E-state index contributed by atoms with van der Waals surface area (Å²) in [5, 5.41) is 30.9. The third-order valence-electron chi connectivity index (χ3n) is 9.14. The van der Waals surface area contributed by atoms with Gasteiger partial charge in [-0.05, 0) is 70.6 Å². The maximum absolute atomic E-state index is 12.8. The van der Waals surface area contributed by atoms with E-state index >= 15 is 0 Å². The van der Waals surface area contributed by atoms with Crippen molar-refractivity contribution in [2.24, 2.45) is 0 Å². The third kappa shape index (κ3) is 31.8. The molecule has 12 nitrogen and oxygen atoms in total. The number of hydrogen-bond acceptors (Lipinski definition) is 11. The summed E-state index contributed by atoms with van der Waals surface area (Å²) in [6, 6.07) is 0. The summed E-state index contributed by atoms with van der Waals surface area (Å²) >= 11 is 0. The van der Waals surface area contributed by atoms with Gasteiger partial charge in [-0.1, -0.05) is 155 Å². The lowest BCUT2D eigenvalue weighted by Gasteiger charge is -2.40. The van der Waals surface area contributed by atoms with Crippen molar-refractivity contribution in [3.05, 3.63) is 122 Å². The van der Waals surface area contributed by atoms with Crippen molar-refractivity contribution < 1.29 is 56.8 Å². The van der Waals surface area contributed by atoms with Gasteiger partial charge in [0.15, 0.2) is 12.4 Å². The van der Waals surface area contributed by atoms with Gasteiger partial charge in [-0.15, -0.1) is 0 Å². The van der Waals surface area contributed by atoms with Gasteiger partial charge in [-0.25, -0.2) is 0 Å². The molecular weight excluding hydrogens is 813 g/mol. The molecule has 1 saturated heterocycles. The van der Waals surface area contributed by atoms with Gasteiger partial charge in [-0.3, -0.25) is 14.1 Å². The highest BCUT2D eigenvalue weighted by Crippen LogP contribution is 2.24. The van der Waals surface area contributed by atoms with Crippen molar-refractivity contribution in [1.29, 1.82) is 0 Å². The molecule has 1 aliphatic rings. The van der Waals surface area contributed by atoms with Crippen molar-refractivity contribution in [3.63, 3.8) is 0 Å². The average Bonchev–Trinajstić information content (AvgIpc) is 3.24. The van der Waals surface area contributed by atoms with Crippen LogP contribution in [0.3, 0.4) is 0 Å². The molecule has 0 aromatic heterocycles. The number of esters is 2. The Morgan fingerprint density at radius 1 is 0.565 bits per heavy atom. The molecule has 6 atom stereocenters. The Kier molecular flexibility index (Phi) is 34.0. The molecule has 1 rings (SSSR count). The van der Waals surface area contributed by atoms with Crippen LogP contribution >= 0.6 is 0 Å². The zero-order valence-corrected chi connectivity index (χ0v) is 37.7. The minimum atomic E-state index is -4.62. The Hall–Kier alpha value is -3.95. The van der Waals surface area contributed by atoms with E-state index in [0.29, 0.717) is 19.3 Å². The summed E-state index contributed by atoms with van der Waals surface area (Å²) in [7, 11) is -4.62. The monoisotopic (exact) mass is 886 g/mol. The van der Waals surface area contributed by atoms with Crippen LogP contribution in [0.15, 0.2) is 122 Å². The van der Waals surface area contributed by atoms with E-state index in [1.165, 1.54) is 0 Å². The number of unbranched alkanes of at least 4 members (excludes halogenated alkanes) is 5. The first-order chi connectivity index (χ1) is 30.0. The molecule has 62 heavy (non-hydrogen) atoms. The van der Waals surface area contributed by atoms with Gasteiger partial charge < -0.3 is 34.3 Å². The standard InChI is InChI=1S/C49H74O12S/c1-3-5-7-9-11-13-15-17-19-20-21-22-24-26-28-30-32-34-36-38-45(51)60-42(40-59-49-48(54)47(53)46(52)43(61-49)41-62(55,56)57)39-58-44(50)37-35-33-31-29-27-25-23-18-16-14-12-10-8-6-4-2/h5-8,10-14,16-19,21-23,26,28,32,34,42-43,46-49,52-54H,3-4,9,15,20,24-25,27,29-31,33,35-41H2,1-2H3,(H,55,56,57)/b7-5+,8-6+,12-10+,13-11+,16-14+,19-17+,22-21+,23-18+,28-26+,34-32+/t42-,43-,46-,47?,48?,49+/m1/s1. The van der Waals surface area contributed by atoms with Crippen molar-refractivity contribution in [2.75, 3.05) is 19.0 Å². The third-order valence-corrected chi connectivity index (χ3v) is 9.89. The number of rotatable bonds is 34. The van der Waals surface area contributed by atoms with Crippen LogP contribution < -0.4 is 0 Å². The molecule has 0 radical (unpaired) electrons. The predicted octanol–water partition coefficient (Wildman–Crippen LogP) is 9.00. The molecule has 1 aliphatic heterocycles. The molecule has 4 N–H and O–H groups in total. The van der Waals surface area contributed by atoms with Gasteiger partial charge in [-0.2, -0.15) is 8.42 Å². The van der Waals surface area contributed by atoms with Crippen molar-refractivity contribution in [1.82, 2.24) is 0 Å². The molecule has 0 aromatic rings. The lowest BCUT2D eigenvalue weighted by Crippen LogP contribution is -2.60. The van der Waals surface area contributed by atoms with Crippen LogP contribution in [0.25, 0.3) is 0 Å². The normalized spacial score (nSPS) is 21.0. The number of allylic oxidation sites excluding steroid dienone is 20. The molecule has 348 valence electrons. The number of ether oxygens (including phenoxy) is 4. The first kappa shape index (κ1) is 56.1. The summed E-state index contributed by atoms with van der Waals surface area (Å²) in [4.78, 5) is 25.4. The van der Waals surface area contributed by atoms with Gasteiger partial charge in [0.05, 0.1) is 6.61 Å². The molecule has 0 bridgehead atoms. The quantitative estimate of drug-likeness (QED) is 0.0158. The van der Waals surface area contributed by atoms with E-state index < -0.39 is 71.2 Å². The summed E-state index contributed by atoms with van der Waals surface area (Å²) in [6.07, 6.45) is 44.0. The highest BCUT2D eigenvalue weighted by Gasteiger charge is 2.46. The fraction of sp³-hybridized carbons (Fsp3) is 0.551. The van der Waals surface area contributed by atoms with Gasteiger partial charge in [0.2, 0.25) is 0 Å². The zero-order chi connectivity index (χ0) is 45.5. The molecule has 0 amide bonds. The Bertz CT molecular complexity index is 1600. The van der Waals surface area contributed by atoms with Crippen molar-refractivity contribution in [2.45, 2.75) is 153 Å². The Morgan fingerprint density at radius 3 is 1.66 bits per heavy atom. The fourth-order valence-electron chi connectivity index (χ4n) is 5.77. The molecule has 1 heterocycles. The second-order valence-corrected chi connectivity index (χ2v) is 16.2. The molecule has 2 unspecified atom stereocenters. The molecule has 0 aromatic carbocycles. The number of aliphatic hydroxyl groups excluding tert-OH is 3. The lowest BCUT2D eigenvalue weighted by atomic mass is 10.00. The van der Waals surface area contributed by atoms with Crippen molar-refractivity contribution >= 4 is 22.1 Å². The highest BCUT2D eigenvalue weighted by molar-refractivity contribution is 7.85. The van der Waals surface area contributed by atoms with E-state index in [9.17, 15) is 37.9 Å². The minimum absolute atomic E-state index is 0.0251. The van der Waals surface area contributed by atoms with Gasteiger partial charge in [0.1, 0.15) is 36.8 Å². The Balaban J connectivity index is 2.55. The summed E-state index contributed by atoms with van der Waals surface area (Å²) < 4.78 is 53.9. The maximum atomic E-state index is 12.8. The highest BCUT2D eigenvalue weighted by atomic mass is 32.2. The Morgan fingerprint density at radius 2 is 1.08 bits per heavy atom. The Labute approximate surface area is 371 Å². The van der Waals surface area contributed by atoms with Gasteiger partial charge >= 0.3 is 11.9 Å². The number of carbonyl (C=O) groups is 2. The van der Waals surface area contributed by atoms with E-state index in [4.69, 9.17) is 18.9 Å². The van der Waals surface area contributed by atoms with Gasteiger partial charge in [0, 0.05) is 12.8 Å². The number of hydrogen-bond donors (Lipinski definition) is 4. The van der Waals surface area contributed by atoms with E-state index in [-0.39, 0.29) is 19.4 Å².